The maximum absolute atomic E-state index is 13.6. The minimum absolute atomic E-state index is 0.167. The maximum Gasteiger partial charge on any atom is 0.460 e. The largest absolute Gasteiger partial charge is 0.460 e. The average molecular weight is 588 g/mol. The molecule has 0 aliphatic rings. The van der Waals surface area contributed by atoms with E-state index >= 15 is 0 Å². The number of nitrogens with one attached hydrogen (secondary N) is 1. The minimum Gasteiger partial charge on any atom is -0.325 e. The van der Waals surface area contributed by atoms with Gasteiger partial charge in [0, 0.05) is 21.5 Å². The van der Waals surface area contributed by atoms with Gasteiger partial charge in [0.2, 0.25) is 5.91 Å². The van der Waals surface area contributed by atoms with Crippen LogP contribution in [0, 0.1) is 10.1 Å². The van der Waals surface area contributed by atoms with E-state index in [2.05, 4.69) is 5.32 Å². The lowest BCUT2D eigenvalue weighted by molar-refractivity contribution is -0.387. The Morgan fingerprint density at radius 3 is 2.06 bits per heavy atom. The van der Waals surface area contributed by atoms with E-state index in [1.54, 1.807) is 0 Å². The molecule has 0 spiro atoms. The minimum atomic E-state index is -6.52. The van der Waals surface area contributed by atoms with Crippen LogP contribution < -0.4 is 5.32 Å². The molecule has 1 N–H and O–H groups in total. The number of nitro benzene ring substituents is 1. The van der Waals surface area contributed by atoms with Crippen LogP contribution in [0.25, 0.3) is 0 Å². The molecule has 5 nitrogen and oxygen atoms in total. The highest BCUT2D eigenvalue weighted by Crippen LogP contribution is 2.54. The molecule has 0 aliphatic heterocycles. The Bertz CT molecular complexity index is 1130. The summed E-state index contributed by atoms with van der Waals surface area (Å²) in [5, 5.41) is 7.75. The van der Waals surface area contributed by atoms with Crippen molar-refractivity contribution in [1.29, 1.82) is 0 Å². The molecule has 198 valence electrons. The summed E-state index contributed by atoms with van der Waals surface area (Å²) in [7, 11) is 0. The molecule has 2 aromatic rings. The zero-order valence-corrected chi connectivity index (χ0v) is 19.4. The molecule has 0 unspecified atom stereocenters. The number of alkyl halides is 10. The number of nitrogens with zero attached hydrogens (tertiary/aromatic N) is 1. The third kappa shape index (κ3) is 7.83. The molecule has 0 saturated heterocycles. The van der Waals surface area contributed by atoms with E-state index in [1.807, 2.05) is 0 Å². The number of thioether (sulfide) groups is 3. The van der Waals surface area contributed by atoms with Gasteiger partial charge in [-0.3, -0.25) is 14.9 Å². The molecule has 0 bridgehead atoms. The zero-order valence-electron chi connectivity index (χ0n) is 16.9. The molecule has 0 aromatic heterocycles. The van der Waals surface area contributed by atoms with Crippen molar-refractivity contribution < 1.29 is 53.6 Å². The first-order valence-electron chi connectivity index (χ1n) is 8.90. The summed E-state index contributed by atoms with van der Waals surface area (Å²) in [6.07, 6.45) is -6.52. The molecule has 1 amide bonds. The lowest BCUT2D eigenvalue weighted by Gasteiger charge is -2.27. The predicted molar refractivity (Wildman–Crippen MR) is 113 cm³/mol. The third-order valence-electron chi connectivity index (χ3n) is 3.80. The van der Waals surface area contributed by atoms with E-state index in [4.69, 9.17) is 0 Å². The number of anilines is 1. The Morgan fingerprint density at radius 1 is 0.889 bits per heavy atom. The van der Waals surface area contributed by atoms with Gasteiger partial charge in [0.25, 0.3) is 5.69 Å². The summed E-state index contributed by atoms with van der Waals surface area (Å²) in [5.74, 6) is -7.78. The van der Waals surface area contributed by atoms with Crippen molar-refractivity contribution in [3.63, 3.8) is 0 Å². The molecule has 36 heavy (non-hydrogen) atoms. The van der Waals surface area contributed by atoms with Crippen molar-refractivity contribution in [2.75, 3.05) is 11.1 Å². The molecular weight excluding hydrogens is 578 g/mol. The summed E-state index contributed by atoms with van der Waals surface area (Å²) >= 11 is -1.10. The van der Waals surface area contributed by atoms with Crippen LogP contribution in [0.5, 0.6) is 0 Å². The van der Waals surface area contributed by atoms with Crippen molar-refractivity contribution in [2.24, 2.45) is 0 Å². The average Bonchev–Trinajstić information content (AvgIpc) is 2.70. The molecule has 0 saturated carbocycles. The van der Waals surface area contributed by atoms with Crippen molar-refractivity contribution in [2.45, 2.75) is 37.5 Å². The van der Waals surface area contributed by atoms with Crippen LogP contribution >= 0.6 is 35.3 Å². The van der Waals surface area contributed by atoms with Gasteiger partial charge in [-0.2, -0.15) is 43.9 Å². The Morgan fingerprint density at radius 2 is 1.50 bits per heavy atom. The van der Waals surface area contributed by atoms with Crippen LogP contribution in [-0.4, -0.2) is 39.4 Å². The number of hydrogen-bond acceptors (Lipinski definition) is 6. The van der Waals surface area contributed by atoms with Gasteiger partial charge in [0.15, 0.2) is 0 Å². The summed E-state index contributed by atoms with van der Waals surface area (Å²) in [6, 6.07) is 6.22. The first-order valence-corrected chi connectivity index (χ1v) is 11.5. The summed E-state index contributed by atoms with van der Waals surface area (Å²) < 4.78 is 128. The summed E-state index contributed by atoms with van der Waals surface area (Å²) in [5.41, 5.74) is -5.67. The highest BCUT2D eigenvalue weighted by atomic mass is 32.2. The molecule has 0 fully saturated rings. The van der Waals surface area contributed by atoms with Gasteiger partial charge in [-0.15, -0.1) is 11.8 Å². The molecule has 0 atom stereocenters. The summed E-state index contributed by atoms with van der Waals surface area (Å²) in [6.45, 7) is 0. The van der Waals surface area contributed by atoms with Crippen LogP contribution in [0.4, 0.5) is 55.3 Å². The molecular formula is C18H10F10N2O3S3. The fraction of sp³-hybridized carbons (Fsp3) is 0.278. The maximum atomic E-state index is 13.6. The third-order valence-corrected chi connectivity index (χ3v) is 6.59. The predicted octanol–water partition coefficient (Wildman–Crippen LogP) is 7.82. The van der Waals surface area contributed by atoms with Gasteiger partial charge in [0.05, 0.1) is 15.6 Å². The normalized spacial score (nSPS) is 12.9. The number of hydrogen-bond donors (Lipinski definition) is 1. The van der Waals surface area contributed by atoms with Crippen molar-refractivity contribution in [1.82, 2.24) is 0 Å². The molecule has 0 aliphatic carbocycles. The van der Waals surface area contributed by atoms with Crippen LogP contribution in [0.1, 0.15) is 0 Å². The van der Waals surface area contributed by atoms with E-state index in [0.29, 0.717) is 23.9 Å². The number of nitro groups is 1. The lowest BCUT2D eigenvalue weighted by atomic mass is 10.3. The van der Waals surface area contributed by atoms with Crippen molar-refractivity contribution in [3.8, 4) is 0 Å². The van der Waals surface area contributed by atoms with E-state index < -0.39 is 78.4 Å². The van der Waals surface area contributed by atoms with Crippen LogP contribution in [0.2, 0.25) is 0 Å². The topological polar surface area (TPSA) is 72.2 Å². The number of carbonyl (C=O) groups is 1. The number of amides is 1. The van der Waals surface area contributed by atoms with Crippen LogP contribution in [-0.2, 0) is 4.79 Å². The Labute approximate surface area is 207 Å². The van der Waals surface area contributed by atoms with Gasteiger partial charge in [-0.25, -0.2) is 0 Å². The fourth-order valence-corrected chi connectivity index (χ4v) is 4.56. The highest BCUT2D eigenvalue weighted by Gasteiger charge is 2.73. The van der Waals surface area contributed by atoms with Gasteiger partial charge in [0.1, 0.15) is 0 Å². The highest BCUT2D eigenvalue weighted by molar-refractivity contribution is 8.00. The molecule has 2 aromatic carbocycles. The van der Waals surface area contributed by atoms with Gasteiger partial charge >= 0.3 is 22.9 Å². The quantitative estimate of drug-likeness (QED) is 0.139. The Balaban J connectivity index is 2.09. The second-order valence-corrected chi connectivity index (χ2v) is 9.83. The smallest absolute Gasteiger partial charge is 0.325 e. The fourth-order valence-electron chi connectivity index (χ4n) is 2.31. The molecule has 2 rings (SSSR count). The number of benzene rings is 2. The summed E-state index contributed by atoms with van der Waals surface area (Å²) in [4.78, 5) is 21.0. The number of halogens is 10. The first kappa shape index (κ1) is 29.9. The van der Waals surface area contributed by atoms with E-state index in [9.17, 15) is 58.8 Å². The van der Waals surface area contributed by atoms with E-state index in [-0.39, 0.29) is 10.6 Å². The number of carbonyl (C=O) groups excluding carboxylic acids is 1. The van der Waals surface area contributed by atoms with Crippen molar-refractivity contribution >= 4 is 52.6 Å². The van der Waals surface area contributed by atoms with Gasteiger partial charge in [-0.05, 0) is 53.9 Å². The zero-order chi connectivity index (χ0) is 27.5. The second-order valence-electron chi connectivity index (χ2n) is 6.49. The van der Waals surface area contributed by atoms with E-state index in [1.165, 1.54) is 0 Å². The van der Waals surface area contributed by atoms with Crippen LogP contribution in [0.15, 0.2) is 57.2 Å². The van der Waals surface area contributed by atoms with Gasteiger partial charge in [-0.1, -0.05) is 6.07 Å². The second kappa shape index (κ2) is 11.0. The SMILES string of the molecule is O=C(CSc1ccc(SC(F)(F)F)cc1[N+](=O)[O-])Nc1cccc(SC(F)(F)C(F)(F)C(F)(F)F)c1. The van der Waals surface area contributed by atoms with Gasteiger partial charge < -0.3 is 5.32 Å². The first-order chi connectivity index (χ1) is 16.3. The molecule has 0 radical (unpaired) electrons. The standard InChI is InChI=1S/C18H10F10N2O3S3/c19-15(20,16(21,22)23)17(24,25)35-10-3-1-2-9(6-10)29-14(31)8-34-13-5-4-11(36-18(26,27)28)7-12(13)30(32)33/h1-7H,8H2,(H,29,31). The molecule has 0 heterocycles. The molecule has 18 heteroatoms. The lowest BCUT2D eigenvalue weighted by Crippen LogP contribution is -2.49. The number of rotatable bonds is 9. The Kier molecular flexibility index (Phi) is 9.10. The van der Waals surface area contributed by atoms with Crippen LogP contribution in [0.3, 0.4) is 0 Å². The van der Waals surface area contributed by atoms with Crippen molar-refractivity contribution in [3.05, 3.63) is 52.6 Å². The Hall–Kier alpha value is -2.34. The van der Waals surface area contributed by atoms with E-state index in [0.717, 1.165) is 30.3 Å². The monoisotopic (exact) mass is 588 g/mol.